The number of piperidine rings is 1. The normalized spacial score (nSPS) is 20.0. The number of amides is 1. The molecule has 1 aromatic rings. The van der Waals surface area contributed by atoms with Gasteiger partial charge in [-0.3, -0.25) is 14.2 Å². The van der Waals surface area contributed by atoms with Gasteiger partial charge in [-0.05, 0) is 45.4 Å². The molecule has 1 saturated carbocycles. The Hall–Kier alpha value is -1.65. The number of hydrogen-bond acceptors (Lipinski definition) is 3. The summed E-state index contributed by atoms with van der Waals surface area (Å²) in [6.07, 6.45) is 6.98. The van der Waals surface area contributed by atoms with Crippen molar-refractivity contribution in [3.63, 3.8) is 0 Å². The Morgan fingerprint density at radius 1 is 1.23 bits per heavy atom. The minimum absolute atomic E-state index is 0.0699. The minimum Gasteiger partial charge on any atom is -0.342 e. The second-order valence-electron chi connectivity index (χ2n) is 6.81. The van der Waals surface area contributed by atoms with E-state index in [-0.39, 0.29) is 5.56 Å². The molecule has 0 N–H and O–H groups in total. The zero-order chi connectivity index (χ0) is 15.7. The van der Waals surface area contributed by atoms with E-state index in [1.54, 1.807) is 10.9 Å². The molecule has 3 rings (SSSR count). The number of nitrogens with zero attached hydrogens (tertiary/aromatic N) is 3. The second-order valence-corrected chi connectivity index (χ2v) is 6.81. The zero-order valence-corrected chi connectivity index (χ0v) is 13.5. The van der Waals surface area contributed by atoms with Crippen molar-refractivity contribution in [3.8, 4) is 0 Å². The van der Waals surface area contributed by atoms with E-state index in [4.69, 9.17) is 0 Å². The lowest BCUT2D eigenvalue weighted by Gasteiger charge is -2.36. The molecular weight excluding hydrogens is 278 g/mol. The van der Waals surface area contributed by atoms with Gasteiger partial charge in [-0.15, -0.1) is 0 Å². The first-order valence-electron chi connectivity index (χ1n) is 8.37. The number of aryl methyl sites for hydroxylation is 1. The van der Waals surface area contributed by atoms with E-state index in [1.165, 1.54) is 6.42 Å². The molecule has 2 fully saturated rings. The van der Waals surface area contributed by atoms with Crippen molar-refractivity contribution < 1.29 is 4.79 Å². The fraction of sp³-hybridized carbons (Fsp3) is 0.706. The summed E-state index contributed by atoms with van der Waals surface area (Å²) in [6.45, 7) is 6.10. The van der Waals surface area contributed by atoms with E-state index in [9.17, 15) is 9.59 Å². The van der Waals surface area contributed by atoms with Crippen molar-refractivity contribution in [1.29, 1.82) is 0 Å². The Balaban J connectivity index is 1.57. The third-order valence-corrected chi connectivity index (χ3v) is 5.35. The number of carbonyl (C=O) groups excluding carboxylic acids is 1. The van der Waals surface area contributed by atoms with E-state index < -0.39 is 0 Å². The molecule has 5 nitrogen and oxygen atoms in total. The molecule has 0 atom stereocenters. The highest BCUT2D eigenvalue weighted by Crippen LogP contribution is 2.30. The molecule has 1 aliphatic heterocycles. The van der Waals surface area contributed by atoms with E-state index in [0.717, 1.165) is 56.6 Å². The number of hydrogen-bond donors (Lipinski definition) is 0. The summed E-state index contributed by atoms with van der Waals surface area (Å²) in [5.41, 5.74) is 1.61. The molecule has 2 heterocycles. The fourth-order valence-corrected chi connectivity index (χ4v) is 3.33. The fourth-order valence-electron chi connectivity index (χ4n) is 3.33. The van der Waals surface area contributed by atoms with Crippen LogP contribution in [0.2, 0.25) is 0 Å². The maximum Gasteiger partial charge on any atom is 0.256 e. The first-order chi connectivity index (χ1) is 10.6. The summed E-state index contributed by atoms with van der Waals surface area (Å²) in [6, 6.07) is 0. The van der Waals surface area contributed by atoms with Crippen LogP contribution in [0.25, 0.3) is 0 Å². The predicted molar refractivity (Wildman–Crippen MR) is 84.6 cm³/mol. The molecule has 0 spiro atoms. The molecule has 0 unspecified atom stereocenters. The van der Waals surface area contributed by atoms with Crippen molar-refractivity contribution in [2.45, 2.75) is 52.5 Å². The number of carbonyl (C=O) groups is 1. The standard InChI is InChI=1S/C17H25N3O2/c1-12-13(2)18-11-20(16(12)21)10-14-6-8-19(9-7-14)17(22)15-4-3-5-15/h11,14-15H,3-10H2,1-2H3. The Kier molecular flexibility index (Phi) is 4.32. The van der Waals surface area contributed by atoms with E-state index in [1.807, 2.05) is 18.7 Å². The van der Waals surface area contributed by atoms with Crippen LogP contribution in [0.4, 0.5) is 0 Å². The maximum atomic E-state index is 12.2. The van der Waals surface area contributed by atoms with Crippen molar-refractivity contribution >= 4 is 5.91 Å². The van der Waals surface area contributed by atoms with Gasteiger partial charge in [0.25, 0.3) is 5.56 Å². The van der Waals surface area contributed by atoms with Gasteiger partial charge in [-0.1, -0.05) is 6.42 Å². The molecule has 1 amide bonds. The van der Waals surface area contributed by atoms with Crippen molar-refractivity contribution in [2.24, 2.45) is 11.8 Å². The molecule has 1 aromatic heterocycles. The van der Waals surface area contributed by atoms with Crippen LogP contribution in [-0.2, 0) is 11.3 Å². The Morgan fingerprint density at radius 2 is 1.91 bits per heavy atom. The van der Waals surface area contributed by atoms with Crippen LogP contribution in [0.5, 0.6) is 0 Å². The molecule has 2 aliphatic rings. The highest BCUT2D eigenvalue weighted by molar-refractivity contribution is 5.79. The quantitative estimate of drug-likeness (QED) is 0.857. The monoisotopic (exact) mass is 303 g/mol. The summed E-state index contributed by atoms with van der Waals surface area (Å²) in [5.74, 6) is 1.12. The van der Waals surface area contributed by atoms with Crippen LogP contribution >= 0.6 is 0 Å². The van der Waals surface area contributed by atoms with E-state index >= 15 is 0 Å². The van der Waals surface area contributed by atoms with Crippen LogP contribution in [0, 0.1) is 25.7 Å². The van der Waals surface area contributed by atoms with Crippen LogP contribution in [0.15, 0.2) is 11.1 Å². The summed E-state index contributed by atoms with van der Waals surface area (Å²) < 4.78 is 1.73. The summed E-state index contributed by atoms with van der Waals surface area (Å²) in [5, 5.41) is 0. The van der Waals surface area contributed by atoms with Crippen molar-refractivity contribution in [3.05, 3.63) is 27.9 Å². The van der Waals surface area contributed by atoms with Gasteiger partial charge in [-0.2, -0.15) is 0 Å². The first-order valence-corrected chi connectivity index (χ1v) is 8.37. The summed E-state index contributed by atoms with van der Waals surface area (Å²) in [7, 11) is 0. The number of likely N-dealkylation sites (tertiary alicyclic amines) is 1. The van der Waals surface area contributed by atoms with E-state index in [2.05, 4.69) is 4.98 Å². The second kappa shape index (κ2) is 6.23. The van der Waals surface area contributed by atoms with Crippen LogP contribution < -0.4 is 5.56 Å². The van der Waals surface area contributed by atoms with Gasteiger partial charge < -0.3 is 4.90 Å². The van der Waals surface area contributed by atoms with Crippen molar-refractivity contribution in [1.82, 2.24) is 14.5 Å². The third-order valence-electron chi connectivity index (χ3n) is 5.35. The Labute approximate surface area is 131 Å². The largest absolute Gasteiger partial charge is 0.342 e. The van der Waals surface area contributed by atoms with Gasteiger partial charge in [0, 0.05) is 36.8 Å². The molecule has 1 aliphatic carbocycles. The topological polar surface area (TPSA) is 55.2 Å². The Morgan fingerprint density at radius 3 is 2.50 bits per heavy atom. The molecule has 0 radical (unpaired) electrons. The smallest absolute Gasteiger partial charge is 0.256 e. The van der Waals surface area contributed by atoms with Gasteiger partial charge in [-0.25, -0.2) is 4.98 Å². The first kappa shape index (κ1) is 15.3. The number of aromatic nitrogens is 2. The molecule has 5 heteroatoms. The van der Waals surface area contributed by atoms with Gasteiger partial charge >= 0.3 is 0 Å². The highest BCUT2D eigenvalue weighted by Gasteiger charge is 2.31. The van der Waals surface area contributed by atoms with E-state index in [0.29, 0.717) is 17.7 Å². The predicted octanol–water partition coefficient (Wildman–Crippen LogP) is 1.90. The lowest BCUT2D eigenvalue weighted by molar-refractivity contribution is -0.139. The lowest BCUT2D eigenvalue weighted by Crippen LogP contribution is -2.44. The van der Waals surface area contributed by atoms with Gasteiger partial charge in [0.1, 0.15) is 0 Å². The molecule has 120 valence electrons. The molecule has 22 heavy (non-hydrogen) atoms. The summed E-state index contributed by atoms with van der Waals surface area (Å²) >= 11 is 0. The molecule has 0 aromatic carbocycles. The van der Waals surface area contributed by atoms with Crippen LogP contribution in [0.3, 0.4) is 0 Å². The van der Waals surface area contributed by atoms with Gasteiger partial charge in [0.15, 0.2) is 0 Å². The third kappa shape index (κ3) is 2.94. The molecule has 0 bridgehead atoms. The Bertz CT molecular complexity index is 611. The van der Waals surface area contributed by atoms with Gasteiger partial charge in [0.2, 0.25) is 5.91 Å². The van der Waals surface area contributed by atoms with Crippen molar-refractivity contribution in [2.75, 3.05) is 13.1 Å². The summed E-state index contributed by atoms with van der Waals surface area (Å²) in [4.78, 5) is 30.8. The highest BCUT2D eigenvalue weighted by atomic mass is 16.2. The average molecular weight is 303 g/mol. The average Bonchev–Trinajstić information content (AvgIpc) is 2.47. The lowest BCUT2D eigenvalue weighted by atomic mass is 9.83. The van der Waals surface area contributed by atoms with Crippen LogP contribution in [0.1, 0.15) is 43.4 Å². The molecular formula is C17H25N3O2. The van der Waals surface area contributed by atoms with Crippen LogP contribution in [-0.4, -0.2) is 33.4 Å². The number of rotatable bonds is 3. The maximum absolute atomic E-state index is 12.2. The van der Waals surface area contributed by atoms with Gasteiger partial charge in [0.05, 0.1) is 6.33 Å². The SMILES string of the molecule is Cc1ncn(CC2CCN(C(=O)C3CCC3)CC2)c(=O)c1C. The molecule has 1 saturated heterocycles. The minimum atomic E-state index is 0.0699. The zero-order valence-electron chi connectivity index (χ0n) is 13.5.